The summed E-state index contributed by atoms with van der Waals surface area (Å²) < 4.78 is 23.4. The van der Waals surface area contributed by atoms with E-state index in [0.717, 1.165) is 42.9 Å². The molecule has 1 aliphatic heterocycles. The Kier molecular flexibility index (Phi) is 6.41. The topological polar surface area (TPSA) is 66.4 Å². The van der Waals surface area contributed by atoms with Gasteiger partial charge in [0.1, 0.15) is 5.82 Å². The molecule has 0 aliphatic carbocycles. The maximum Gasteiger partial charge on any atom is 0.192 e. The molecule has 0 N–H and O–H groups in total. The zero-order valence-electron chi connectivity index (χ0n) is 16.5. The zero-order valence-corrected chi connectivity index (χ0v) is 18.2. The van der Waals surface area contributed by atoms with E-state index in [-0.39, 0.29) is 23.5 Å². The Morgan fingerprint density at radius 2 is 1.86 bits per heavy atom. The lowest BCUT2D eigenvalue weighted by Crippen LogP contribution is -2.48. The molecule has 0 radical (unpaired) electrons. The summed E-state index contributed by atoms with van der Waals surface area (Å²) in [6.07, 6.45) is 4.74. The Hall–Kier alpha value is -2.22. The number of likely N-dealkylation sites (N-methyl/N-ethyl adjacent to an activating group) is 1. The molecule has 6 nitrogen and oxygen atoms in total. The van der Waals surface area contributed by atoms with E-state index in [0.29, 0.717) is 0 Å². The second-order valence-electron chi connectivity index (χ2n) is 7.15. The number of halogens is 1. The van der Waals surface area contributed by atoms with Crippen molar-refractivity contribution in [2.75, 3.05) is 37.3 Å². The molecule has 29 heavy (non-hydrogen) atoms. The van der Waals surface area contributed by atoms with Gasteiger partial charge in [0, 0.05) is 43.7 Å². The van der Waals surface area contributed by atoms with Crippen molar-refractivity contribution < 1.29 is 8.42 Å². The molecule has 4 rings (SSSR count). The van der Waals surface area contributed by atoms with Crippen LogP contribution in [0.15, 0.2) is 59.9 Å². The van der Waals surface area contributed by atoms with Crippen molar-refractivity contribution >= 4 is 38.8 Å². The fraction of sp³-hybridized carbons (Fsp3) is 0.333. The number of fused-ring (bicyclic) bond motifs is 1. The first-order chi connectivity index (χ1) is 13.5. The minimum absolute atomic E-state index is 0. The maximum absolute atomic E-state index is 11.7. The number of anilines is 1. The third-order valence-electron chi connectivity index (χ3n) is 5.37. The van der Waals surface area contributed by atoms with Crippen LogP contribution in [0, 0.1) is 0 Å². The quantitative estimate of drug-likeness (QED) is 0.630. The second kappa shape index (κ2) is 8.65. The van der Waals surface area contributed by atoms with E-state index < -0.39 is 9.84 Å². The summed E-state index contributed by atoms with van der Waals surface area (Å²) in [5, 5.41) is 2.45. The number of benzene rings is 1. The summed E-state index contributed by atoms with van der Waals surface area (Å²) in [5.74, 6) is 1.000. The Labute approximate surface area is 177 Å². The standard InChI is InChI=1S/C21H24N4O2S.ClH/c1-3-24-12-13-25(21-18-7-5-4-6-16(18)10-11-22-21)15-19(24)17-8-9-20(23-14-17)28(2,26)27;/h4-11,14,19H,3,12-13,15H2,1-2H3;1H. The molecule has 0 amide bonds. The number of sulfone groups is 1. The van der Waals surface area contributed by atoms with E-state index in [2.05, 4.69) is 38.8 Å². The third kappa shape index (κ3) is 4.37. The van der Waals surface area contributed by atoms with Crippen molar-refractivity contribution in [2.45, 2.75) is 18.0 Å². The molecule has 1 unspecified atom stereocenters. The van der Waals surface area contributed by atoms with Crippen LogP contribution in [0.3, 0.4) is 0 Å². The first-order valence-corrected chi connectivity index (χ1v) is 11.4. The molecule has 1 aromatic carbocycles. The highest BCUT2D eigenvalue weighted by molar-refractivity contribution is 7.90. The van der Waals surface area contributed by atoms with Crippen molar-refractivity contribution in [1.29, 1.82) is 0 Å². The molecule has 8 heteroatoms. The zero-order chi connectivity index (χ0) is 19.7. The first kappa shape index (κ1) is 21.5. The third-order valence-corrected chi connectivity index (χ3v) is 6.37. The summed E-state index contributed by atoms with van der Waals surface area (Å²) in [6, 6.07) is 14.0. The molecule has 1 fully saturated rings. The molecule has 3 aromatic rings. The van der Waals surface area contributed by atoms with Gasteiger partial charge in [0.2, 0.25) is 0 Å². The smallest absolute Gasteiger partial charge is 0.192 e. The van der Waals surface area contributed by atoms with Crippen LogP contribution < -0.4 is 4.90 Å². The predicted molar refractivity (Wildman–Crippen MR) is 119 cm³/mol. The molecular formula is C21H25ClN4O2S. The molecule has 0 bridgehead atoms. The summed E-state index contributed by atoms with van der Waals surface area (Å²) in [7, 11) is -3.29. The van der Waals surface area contributed by atoms with Gasteiger partial charge in [0.25, 0.3) is 0 Å². The highest BCUT2D eigenvalue weighted by Gasteiger charge is 2.29. The van der Waals surface area contributed by atoms with Gasteiger partial charge in [-0.05, 0) is 29.6 Å². The average molecular weight is 433 g/mol. The van der Waals surface area contributed by atoms with Crippen molar-refractivity contribution in [3.05, 3.63) is 60.4 Å². The largest absolute Gasteiger partial charge is 0.353 e. The number of pyridine rings is 2. The highest BCUT2D eigenvalue weighted by atomic mass is 35.5. The molecule has 3 heterocycles. The van der Waals surface area contributed by atoms with E-state index in [1.807, 2.05) is 30.5 Å². The van der Waals surface area contributed by atoms with Crippen molar-refractivity contribution in [2.24, 2.45) is 0 Å². The number of aromatic nitrogens is 2. The summed E-state index contributed by atoms with van der Waals surface area (Å²) in [6.45, 7) is 5.68. The number of nitrogens with zero attached hydrogens (tertiary/aromatic N) is 4. The van der Waals surface area contributed by atoms with Crippen LogP contribution >= 0.6 is 12.4 Å². The van der Waals surface area contributed by atoms with E-state index in [4.69, 9.17) is 0 Å². The minimum Gasteiger partial charge on any atom is -0.353 e. The maximum atomic E-state index is 11.7. The van der Waals surface area contributed by atoms with Gasteiger partial charge in [0.15, 0.2) is 14.9 Å². The molecule has 0 spiro atoms. The van der Waals surface area contributed by atoms with Gasteiger partial charge in [-0.2, -0.15) is 0 Å². The van der Waals surface area contributed by atoms with Crippen LogP contribution in [0.1, 0.15) is 18.5 Å². The first-order valence-electron chi connectivity index (χ1n) is 9.46. The van der Waals surface area contributed by atoms with Crippen molar-refractivity contribution in [3.8, 4) is 0 Å². The minimum atomic E-state index is -3.29. The Balaban J connectivity index is 0.00000240. The molecular weight excluding hydrogens is 408 g/mol. The molecule has 154 valence electrons. The molecule has 1 saturated heterocycles. The van der Waals surface area contributed by atoms with Gasteiger partial charge >= 0.3 is 0 Å². The van der Waals surface area contributed by atoms with Gasteiger partial charge in [-0.15, -0.1) is 12.4 Å². The highest BCUT2D eigenvalue weighted by Crippen LogP contribution is 2.31. The number of piperazine rings is 1. The molecule has 0 saturated carbocycles. The van der Waals surface area contributed by atoms with Crippen molar-refractivity contribution in [3.63, 3.8) is 0 Å². The Bertz CT molecular complexity index is 1080. The van der Waals surface area contributed by atoms with Crippen LogP contribution in [-0.2, 0) is 9.84 Å². The molecule has 1 aliphatic rings. The Morgan fingerprint density at radius 1 is 1.07 bits per heavy atom. The SMILES string of the molecule is CCN1CCN(c2nccc3ccccc23)CC1c1ccc(S(C)(=O)=O)nc1.Cl. The normalized spacial score (nSPS) is 17.9. The Morgan fingerprint density at radius 3 is 2.55 bits per heavy atom. The molecule has 1 atom stereocenters. The lowest BCUT2D eigenvalue weighted by Gasteiger charge is -2.42. The lowest BCUT2D eigenvalue weighted by molar-refractivity contribution is 0.186. The van der Waals surface area contributed by atoms with Gasteiger partial charge in [-0.25, -0.2) is 18.4 Å². The fourth-order valence-corrected chi connectivity index (χ4v) is 4.43. The second-order valence-corrected chi connectivity index (χ2v) is 9.11. The lowest BCUT2D eigenvalue weighted by atomic mass is 10.0. The van der Waals surface area contributed by atoms with E-state index >= 15 is 0 Å². The number of rotatable bonds is 4. The predicted octanol–water partition coefficient (Wildman–Crippen LogP) is 3.34. The summed E-state index contributed by atoms with van der Waals surface area (Å²) in [4.78, 5) is 13.6. The monoisotopic (exact) mass is 432 g/mol. The van der Waals surface area contributed by atoms with Crippen LogP contribution in [-0.4, -0.2) is 55.7 Å². The van der Waals surface area contributed by atoms with E-state index in [1.165, 1.54) is 11.6 Å². The van der Waals surface area contributed by atoms with E-state index in [1.54, 1.807) is 12.3 Å². The van der Waals surface area contributed by atoms with Crippen LogP contribution in [0.2, 0.25) is 0 Å². The van der Waals surface area contributed by atoms with Crippen LogP contribution in [0.25, 0.3) is 10.8 Å². The van der Waals surface area contributed by atoms with E-state index in [9.17, 15) is 8.42 Å². The van der Waals surface area contributed by atoms with Crippen LogP contribution in [0.4, 0.5) is 5.82 Å². The van der Waals surface area contributed by atoms with Crippen molar-refractivity contribution in [1.82, 2.24) is 14.9 Å². The van der Waals surface area contributed by atoms with Gasteiger partial charge in [-0.3, -0.25) is 4.90 Å². The van der Waals surface area contributed by atoms with Crippen LogP contribution in [0.5, 0.6) is 0 Å². The van der Waals surface area contributed by atoms with Gasteiger partial charge < -0.3 is 4.90 Å². The number of hydrogen-bond acceptors (Lipinski definition) is 6. The summed E-state index contributed by atoms with van der Waals surface area (Å²) >= 11 is 0. The molecule has 2 aromatic heterocycles. The van der Waals surface area contributed by atoms with Gasteiger partial charge in [-0.1, -0.05) is 37.3 Å². The summed E-state index contributed by atoms with van der Waals surface area (Å²) in [5.41, 5.74) is 1.03. The number of hydrogen-bond donors (Lipinski definition) is 0. The van der Waals surface area contributed by atoms with Gasteiger partial charge in [0.05, 0.1) is 6.04 Å². The fourth-order valence-electron chi connectivity index (χ4n) is 3.87. The average Bonchev–Trinajstić information content (AvgIpc) is 2.72.